The van der Waals surface area contributed by atoms with E-state index in [1.54, 1.807) is 11.8 Å². The number of nitrogens with one attached hydrogen (secondary N) is 1. The Morgan fingerprint density at radius 2 is 2.05 bits per heavy atom. The van der Waals surface area contributed by atoms with E-state index in [0.29, 0.717) is 19.4 Å². The third kappa shape index (κ3) is 5.07. The van der Waals surface area contributed by atoms with Crippen LogP contribution in [0.5, 0.6) is 0 Å². The average Bonchev–Trinajstić information content (AvgIpc) is 2.82. The van der Waals surface area contributed by atoms with E-state index >= 15 is 0 Å². The van der Waals surface area contributed by atoms with Gasteiger partial charge in [0, 0.05) is 34.2 Å². The molecule has 0 aliphatic heterocycles. The van der Waals surface area contributed by atoms with Crippen LogP contribution in [0.1, 0.15) is 23.4 Å². The number of aryl methyl sites for hydroxylation is 2. The number of rotatable bonds is 7. The van der Waals surface area contributed by atoms with Gasteiger partial charge in [-0.2, -0.15) is 0 Å². The molecule has 0 atom stereocenters. The van der Waals surface area contributed by atoms with Crippen molar-refractivity contribution in [2.24, 2.45) is 0 Å². The summed E-state index contributed by atoms with van der Waals surface area (Å²) in [5.74, 6) is 1.68. The molecule has 1 aromatic heterocycles. The molecule has 2 rings (SSSR count). The van der Waals surface area contributed by atoms with E-state index in [1.165, 1.54) is 0 Å². The number of hydrogen-bond donors (Lipinski definition) is 1. The molecule has 118 valence electrons. The van der Waals surface area contributed by atoms with Crippen LogP contribution in [0.15, 0.2) is 33.7 Å². The maximum atomic E-state index is 11.8. The van der Waals surface area contributed by atoms with E-state index < -0.39 is 0 Å². The molecule has 22 heavy (non-hydrogen) atoms. The highest BCUT2D eigenvalue weighted by Crippen LogP contribution is 2.19. The number of benzene rings is 1. The molecule has 1 heterocycles. The van der Waals surface area contributed by atoms with Crippen LogP contribution in [0.4, 0.5) is 0 Å². The van der Waals surface area contributed by atoms with Crippen molar-refractivity contribution in [2.45, 2.75) is 31.6 Å². The molecule has 0 unspecified atom stereocenters. The topological polar surface area (TPSA) is 55.1 Å². The van der Waals surface area contributed by atoms with Gasteiger partial charge in [-0.05, 0) is 44.5 Å². The molecule has 6 heteroatoms. The van der Waals surface area contributed by atoms with Gasteiger partial charge in [0.05, 0.1) is 5.69 Å². The highest BCUT2D eigenvalue weighted by atomic mass is 35.5. The molecule has 4 nitrogen and oxygen atoms in total. The molecule has 0 aliphatic rings. The standard InChI is InChI=1S/C16H19ClN2O2S/c1-11-15(12(2)21-19-11)7-8-16(20)18-9-10-22-14-5-3-13(17)4-6-14/h3-6H,7-10H2,1-2H3,(H,18,20). The second-order valence-corrected chi connectivity index (χ2v) is 6.56. The van der Waals surface area contributed by atoms with Gasteiger partial charge in [-0.3, -0.25) is 4.79 Å². The zero-order valence-corrected chi connectivity index (χ0v) is 14.3. The van der Waals surface area contributed by atoms with Gasteiger partial charge >= 0.3 is 0 Å². The molecular weight excluding hydrogens is 320 g/mol. The van der Waals surface area contributed by atoms with E-state index in [9.17, 15) is 4.79 Å². The monoisotopic (exact) mass is 338 g/mol. The minimum Gasteiger partial charge on any atom is -0.361 e. The Morgan fingerprint density at radius 1 is 1.32 bits per heavy atom. The average molecular weight is 339 g/mol. The first-order valence-electron chi connectivity index (χ1n) is 7.13. The van der Waals surface area contributed by atoms with E-state index in [2.05, 4.69) is 10.5 Å². The van der Waals surface area contributed by atoms with Crippen LogP contribution >= 0.6 is 23.4 Å². The predicted molar refractivity (Wildman–Crippen MR) is 89.5 cm³/mol. The van der Waals surface area contributed by atoms with Crippen LogP contribution in [0.25, 0.3) is 0 Å². The summed E-state index contributed by atoms with van der Waals surface area (Å²) in [5, 5.41) is 7.55. The van der Waals surface area contributed by atoms with Gasteiger partial charge in [0.2, 0.25) is 5.91 Å². The Bertz CT molecular complexity index is 606. The molecule has 0 radical (unpaired) electrons. The first-order chi connectivity index (χ1) is 10.6. The van der Waals surface area contributed by atoms with Crippen molar-refractivity contribution >= 4 is 29.3 Å². The van der Waals surface area contributed by atoms with Gasteiger partial charge in [-0.25, -0.2) is 0 Å². The molecule has 0 spiro atoms. The van der Waals surface area contributed by atoms with Gasteiger partial charge in [0.1, 0.15) is 5.76 Å². The number of carbonyl (C=O) groups is 1. The fourth-order valence-electron chi connectivity index (χ4n) is 2.08. The zero-order chi connectivity index (χ0) is 15.9. The third-order valence-electron chi connectivity index (χ3n) is 3.29. The van der Waals surface area contributed by atoms with Gasteiger partial charge < -0.3 is 9.84 Å². The summed E-state index contributed by atoms with van der Waals surface area (Å²) in [6.45, 7) is 4.41. The number of halogens is 1. The molecule has 0 bridgehead atoms. The largest absolute Gasteiger partial charge is 0.361 e. The Kier molecular flexibility index (Phi) is 6.34. The van der Waals surface area contributed by atoms with Crippen LogP contribution < -0.4 is 5.32 Å². The lowest BCUT2D eigenvalue weighted by molar-refractivity contribution is -0.120. The van der Waals surface area contributed by atoms with Crippen LogP contribution in [-0.2, 0) is 11.2 Å². The van der Waals surface area contributed by atoms with Crippen LogP contribution in [0.2, 0.25) is 5.02 Å². The number of aromatic nitrogens is 1. The normalized spacial score (nSPS) is 10.7. The number of carbonyl (C=O) groups excluding carboxylic acids is 1. The van der Waals surface area contributed by atoms with E-state index in [-0.39, 0.29) is 5.91 Å². The zero-order valence-electron chi connectivity index (χ0n) is 12.7. The van der Waals surface area contributed by atoms with Crippen LogP contribution in [0.3, 0.4) is 0 Å². The smallest absolute Gasteiger partial charge is 0.220 e. The van der Waals surface area contributed by atoms with Crippen molar-refractivity contribution in [3.05, 3.63) is 46.3 Å². The molecule has 2 aromatic rings. The van der Waals surface area contributed by atoms with Crippen molar-refractivity contribution in [1.29, 1.82) is 0 Å². The van der Waals surface area contributed by atoms with Crippen molar-refractivity contribution in [3.8, 4) is 0 Å². The lowest BCUT2D eigenvalue weighted by Crippen LogP contribution is -2.26. The Morgan fingerprint density at radius 3 is 2.68 bits per heavy atom. The molecule has 0 aliphatic carbocycles. The summed E-state index contributed by atoms with van der Waals surface area (Å²) in [7, 11) is 0. The highest BCUT2D eigenvalue weighted by molar-refractivity contribution is 7.99. The number of amides is 1. The van der Waals surface area contributed by atoms with Crippen molar-refractivity contribution in [2.75, 3.05) is 12.3 Å². The Labute approximate surface area is 139 Å². The van der Waals surface area contributed by atoms with Crippen molar-refractivity contribution in [3.63, 3.8) is 0 Å². The van der Waals surface area contributed by atoms with Crippen LogP contribution in [-0.4, -0.2) is 23.4 Å². The Hall–Kier alpha value is -1.46. The summed E-state index contributed by atoms with van der Waals surface area (Å²) >= 11 is 7.53. The van der Waals surface area contributed by atoms with Crippen molar-refractivity contribution < 1.29 is 9.32 Å². The first-order valence-corrected chi connectivity index (χ1v) is 8.49. The van der Waals surface area contributed by atoms with E-state index in [1.807, 2.05) is 38.1 Å². The fourth-order valence-corrected chi connectivity index (χ4v) is 2.97. The van der Waals surface area contributed by atoms with Gasteiger partial charge in [0.15, 0.2) is 0 Å². The van der Waals surface area contributed by atoms with Gasteiger partial charge in [-0.15, -0.1) is 11.8 Å². The molecular formula is C16H19ClN2O2S. The summed E-state index contributed by atoms with van der Waals surface area (Å²) in [4.78, 5) is 13.0. The lowest BCUT2D eigenvalue weighted by atomic mass is 10.1. The second kappa shape index (κ2) is 8.25. The summed E-state index contributed by atoms with van der Waals surface area (Å²) < 4.78 is 5.09. The molecule has 0 saturated heterocycles. The molecule has 1 N–H and O–H groups in total. The minimum atomic E-state index is 0.0525. The molecule has 0 saturated carbocycles. The molecule has 0 fully saturated rings. The van der Waals surface area contributed by atoms with E-state index in [0.717, 1.165) is 32.7 Å². The summed E-state index contributed by atoms with van der Waals surface area (Å²) in [6, 6.07) is 7.69. The highest BCUT2D eigenvalue weighted by Gasteiger charge is 2.10. The molecule has 1 amide bonds. The lowest BCUT2D eigenvalue weighted by Gasteiger charge is -2.05. The summed E-state index contributed by atoms with van der Waals surface area (Å²) in [6.07, 6.45) is 1.12. The predicted octanol–water partition coefficient (Wildman–Crippen LogP) is 3.79. The maximum absolute atomic E-state index is 11.8. The number of thioether (sulfide) groups is 1. The fraction of sp³-hybridized carbons (Fsp3) is 0.375. The SMILES string of the molecule is Cc1noc(C)c1CCC(=O)NCCSc1ccc(Cl)cc1. The summed E-state index contributed by atoms with van der Waals surface area (Å²) in [5.41, 5.74) is 1.90. The van der Waals surface area contributed by atoms with E-state index in [4.69, 9.17) is 16.1 Å². The van der Waals surface area contributed by atoms with Gasteiger partial charge in [0.25, 0.3) is 0 Å². The van der Waals surface area contributed by atoms with Crippen molar-refractivity contribution in [1.82, 2.24) is 10.5 Å². The number of nitrogens with zero attached hydrogens (tertiary/aromatic N) is 1. The first kappa shape index (κ1) is 16.9. The molecule has 1 aromatic carbocycles. The second-order valence-electron chi connectivity index (χ2n) is 4.96. The Balaban J connectivity index is 1.65. The number of hydrogen-bond acceptors (Lipinski definition) is 4. The third-order valence-corrected chi connectivity index (χ3v) is 4.56. The minimum absolute atomic E-state index is 0.0525. The van der Waals surface area contributed by atoms with Gasteiger partial charge in [-0.1, -0.05) is 16.8 Å². The quantitative estimate of drug-likeness (QED) is 0.616. The van der Waals surface area contributed by atoms with Crippen LogP contribution in [0, 0.1) is 13.8 Å². The maximum Gasteiger partial charge on any atom is 0.220 e.